The van der Waals surface area contributed by atoms with E-state index in [0.29, 0.717) is 11.3 Å². The lowest BCUT2D eigenvalue weighted by atomic mass is 10.3. The zero-order valence-electron chi connectivity index (χ0n) is 10.9. The Kier molecular flexibility index (Phi) is 2.67. The van der Waals surface area contributed by atoms with E-state index in [1.165, 1.54) is 11.5 Å². The van der Waals surface area contributed by atoms with Crippen LogP contribution >= 0.6 is 11.5 Å². The molecule has 1 N–H and O–H groups in total. The number of nitrogens with one attached hydrogen (secondary N) is 1. The molecule has 6 heteroatoms. The van der Waals surface area contributed by atoms with E-state index in [9.17, 15) is 4.79 Å². The smallest absolute Gasteiger partial charge is 0.272 e. The van der Waals surface area contributed by atoms with E-state index in [1.807, 2.05) is 31.5 Å². The molecule has 3 aromatic heterocycles. The monoisotopic (exact) mass is 275 g/mol. The van der Waals surface area contributed by atoms with Crippen LogP contribution in [-0.4, -0.2) is 14.8 Å². The van der Waals surface area contributed by atoms with Crippen LogP contribution in [0.2, 0.25) is 0 Å². The average molecular weight is 275 g/mol. The van der Waals surface area contributed by atoms with E-state index in [-0.39, 0.29) is 5.91 Å². The van der Waals surface area contributed by atoms with E-state index in [4.69, 9.17) is 4.42 Å². The minimum atomic E-state index is -0.152. The van der Waals surface area contributed by atoms with E-state index in [1.54, 1.807) is 12.3 Å². The molecule has 5 nitrogen and oxygen atoms in total. The van der Waals surface area contributed by atoms with E-state index >= 15 is 0 Å². The first-order chi connectivity index (χ1) is 9.08. The summed E-state index contributed by atoms with van der Waals surface area (Å²) in [5.41, 5.74) is 3.83. The third kappa shape index (κ3) is 1.84. The van der Waals surface area contributed by atoms with Gasteiger partial charge in [0.2, 0.25) is 0 Å². The van der Waals surface area contributed by atoms with Crippen LogP contribution in [-0.2, 0) is 7.05 Å². The van der Waals surface area contributed by atoms with Crippen LogP contribution in [0, 0.1) is 13.8 Å². The van der Waals surface area contributed by atoms with Crippen LogP contribution < -0.4 is 5.32 Å². The minimum Gasteiger partial charge on any atom is -0.463 e. The topological polar surface area (TPSA) is 60.1 Å². The van der Waals surface area contributed by atoms with Gasteiger partial charge in [0, 0.05) is 24.1 Å². The van der Waals surface area contributed by atoms with Gasteiger partial charge in [-0.25, -0.2) is 0 Å². The summed E-state index contributed by atoms with van der Waals surface area (Å²) in [6, 6.07) is 3.59. The highest BCUT2D eigenvalue weighted by Gasteiger charge is 2.17. The summed E-state index contributed by atoms with van der Waals surface area (Å²) in [5, 5.41) is 2.91. The molecular weight excluding hydrogens is 262 g/mol. The maximum absolute atomic E-state index is 12.3. The zero-order valence-corrected chi connectivity index (χ0v) is 11.7. The lowest BCUT2D eigenvalue weighted by Crippen LogP contribution is -2.16. The van der Waals surface area contributed by atoms with Gasteiger partial charge in [-0.05, 0) is 25.4 Å². The second kappa shape index (κ2) is 4.24. The number of hydrogen-bond donors (Lipinski definition) is 1. The number of amides is 1. The second-order valence-corrected chi connectivity index (χ2v) is 5.39. The molecule has 3 aromatic rings. The van der Waals surface area contributed by atoms with Crippen molar-refractivity contribution in [1.82, 2.24) is 8.94 Å². The number of aromatic nitrogens is 2. The Hall–Kier alpha value is -2.08. The highest BCUT2D eigenvalue weighted by Crippen LogP contribution is 2.25. The highest BCUT2D eigenvalue weighted by molar-refractivity contribution is 7.06. The molecule has 98 valence electrons. The molecule has 3 heterocycles. The van der Waals surface area contributed by atoms with Crippen molar-refractivity contribution in [3.63, 3.8) is 0 Å². The summed E-state index contributed by atoms with van der Waals surface area (Å²) >= 11 is 1.39. The molecule has 0 aliphatic rings. The second-order valence-electron chi connectivity index (χ2n) is 4.41. The average Bonchev–Trinajstić information content (AvgIpc) is 3.03. The fraction of sp³-hybridized carbons (Fsp3) is 0.231. The van der Waals surface area contributed by atoms with Crippen LogP contribution in [0.1, 0.15) is 21.1 Å². The number of hydrogen-bond acceptors (Lipinski definition) is 4. The van der Waals surface area contributed by atoms with Crippen molar-refractivity contribution in [1.29, 1.82) is 0 Å². The minimum absolute atomic E-state index is 0.152. The molecule has 3 rings (SSSR count). The number of fused-ring (bicyclic) bond motifs is 1. The van der Waals surface area contributed by atoms with Crippen LogP contribution in [0.15, 0.2) is 22.8 Å². The van der Waals surface area contributed by atoms with Gasteiger partial charge in [-0.3, -0.25) is 4.79 Å². The normalized spacial score (nSPS) is 11.1. The third-order valence-electron chi connectivity index (χ3n) is 3.17. The van der Waals surface area contributed by atoms with Crippen molar-refractivity contribution in [2.75, 3.05) is 5.32 Å². The molecule has 19 heavy (non-hydrogen) atoms. The number of aryl methyl sites for hydroxylation is 3. The first-order valence-electron chi connectivity index (χ1n) is 5.85. The van der Waals surface area contributed by atoms with Crippen molar-refractivity contribution in [2.24, 2.45) is 7.05 Å². The number of carbonyl (C=O) groups is 1. The summed E-state index contributed by atoms with van der Waals surface area (Å²) in [7, 11) is 1.85. The summed E-state index contributed by atoms with van der Waals surface area (Å²) in [4.78, 5) is 13.3. The SMILES string of the molecule is Cc1nsc(C)c1NC(=O)c1cc2occc2n1C. The molecule has 0 atom stereocenters. The van der Waals surface area contributed by atoms with Gasteiger partial charge in [0.1, 0.15) is 5.69 Å². The van der Waals surface area contributed by atoms with Gasteiger partial charge in [-0.1, -0.05) is 0 Å². The quantitative estimate of drug-likeness (QED) is 0.781. The van der Waals surface area contributed by atoms with Crippen LogP contribution in [0.3, 0.4) is 0 Å². The van der Waals surface area contributed by atoms with Gasteiger partial charge in [-0.2, -0.15) is 4.37 Å². The molecule has 0 radical (unpaired) electrons. The largest absolute Gasteiger partial charge is 0.463 e. The number of rotatable bonds is 2. The van der Waals surface area contributed by atoms with Gasteiger partial charge in [0.15, 0.2) is 5.58 Å². The fourth-order valence-electron chi connectivity index (χ4n) is 2.11. The Morgan fingerprint density at radius 1 is 1.47 bits per heavy atom. The molecule has 0 bridgehead atoms. The predicted octanol–water partition coefficient (Wildman–Crippen LogP) is 3.10. The molecule has 0 aliphatic heterocycles. The zero-order chi connectivity index (χ0) is 13.6. The fourth-order valence-corrected chi connectivity index (χ4v) is 2.76. The van der Waals surface area contributed by atoms with Crippen molar-refractivity contribution in [2.45, 2.75) is 13.8 Å². The first kappa shape index (κ1) is 12.0. The Morgan fingerprint density at radius 2 is 2.26 bits per heavy atom. The van der Waals surface area contributed by atoms with Crippen LogP contribution in [0.4, 0.5) is 5.69 Å². The molecule has 0 aliphatic carbocycles. The molecule has 0 saturated carbocycles. The summed E-state index contributed by atoms with van der Waals surface area (Å²) in [6.07, 6.45) is 1.61. The van der Waals surface area contributed by atoms with Gasteiger partial charge < -0.3 is 14.3 Å². The number of carbonyl (C=O) groups excluding carboxylic acids is 1. The van der Waals surface area contributed by atoms with Crippen molar-refractivity contribution in [3.8, 4) is 0 Å². The summed E-state index contributed by atoms with van der Waals surface area (Å²) in [6.45, 7) is 3.83. The molecule has 0 saturated heterocycles. The Labute approximate surface area is 114 Å². The lowest BCUT2D eigenvalue weighted by molar-refractivity contribution is 0.101. The van der Waals surface area contributed by atoms with E-state index in [2.05, 4.69) is 9.69 Å². The van der Waals surface area contributed by atoms with Crippen LogP contribution in [0.25, 0.3) is 11.1 Å². The standard InChI is InChI=1S/C13H13N3O2S/c1-7-12(8(2)19-15-7)14-13(17)10-6-11-9(16(10)3)4-5-18-11/h4-6H,1-3H3,(H,14,17). The molecule has 0 aromatic carbocycles. The van der Waals surface area contributed by atoms with Gasteiger partial charge in [0.25, 0.3) is 5.91 Å². The summed E-state index contributed by atoms with van der Waals surface area (Å²) < 4.78 is 11.3. The molecule has 0 spiro atoms. The van der Waals surface area contributed by atoms with Crippen LogP contribution in [0.5, 0.6) is 0 Å². The summed E-state index contributed by atoms with van der Waals surface area (Å²) in [5.74, 6) is -0.152. The number of furan rings is 1. The van der Waals surface area contributed by atoms with E-state index in [0.717, 1.165) is 21.8 Å². The van der Waals surface area contributed by atoms with Gasteiger partial charge in [0.05, 0.1) is 23.2 Å². The Balaban J connectivity index is 1.96. The maximum Gasteiger partial charge on any atom is 0.272 e. The Morgan fingerprint density at radius 3 is 2.89 bits per heavy atom. The number of anilines is 1. The lowest BCUT2D eigenvalue weighted by Gasteiger charge is -2.06. The number of nitrogens with zero attached hydrogens (tertiary/aromatic N) is 2. The highest BCUT2D eigenvalue weighted by atomic mass is 32.1. The molecule has 0 unspecified atom stereocenters. The Bertz CT molecular complexity index is 747. The first-order valence-corrected chi connectivity index (χ1v) is 6.62. The molecular formula is C13H13N3O2S. The van der Waals surface area contributed by atoms with Gasteiger partial charge >= 0.3 is 0 Å². The molecule has 1 amide bonds. The molecule has 0 fully saturated rings. The van der Waals surface area contributed by atoms with Crippen molar-refractivity contribution >= 4 is 34.2 Å². The van der Waals surface area contributed by atoms with Gasteiger partial charge in [-0.15, -0.1) is 0 Å². The maximum atomic E-state index is 12.3. The van der Waals surface area contributed by atoms with Crippen molar-refractivity contribution < 1.29 is 9.21 Å². The van der Waals surface area contributed by atoms with E-state index < -0.39 is 0 Å². The third-order valence-corrected chi connectivity index (χ3v) is 4.01. The van der Waals surface area contributed by atoms with Crippen molar-refractivity contribution in [3.05, 3.63) is 34.7 Å². The predicted molar refractivity (Wildman–Crippen MR) is 74.7 cm³/mol.